The molecule has 0 aromatic carbocycles. The predicted molar refractivity (Wildman–Crippen MR) is 68.8 cm³/mol. The molecule has 17 heavy (non-hydrogen) atoms. The van der Waals surface area contributed by atoms with Crippen LogP contribution in [0.1, 0.15) is 25.7 Å². The molecule has 1 aliphatic rings. The van der Waals surface area contributed by atoms with Gasteiger partial charge in [0.25, 0.3) is 0 Å². The molecule has 0 aromatic rings. The number of methoxy groups -OCH3 is 1. The van der Waals surface area contributed by atoms with Crippen LogP contribution < -0.4 is 5.32 Å². The Morgan fingerprint density at radius 3 is 2.82 bits per heavy atom. The van der Waals surface area contributed by atoms with Crippen molar-refractivity contribution in [2.24, 2.45) is 5.92 Å². The third kappa shape index (κ3) is 6.62. The lowest BCUT2D eigenvalue weighted by atomic mass is 9.96. The maximum absolute atomic E-state index is 8.49. The molecule has 4 heteroatoms. The summed E-state index contributed by atoms with van der Waals surface area (Å²) in [4.78, 5) is 2.49. The molecule has 4 nitrogen and oxygen atoms in total. The molecule has 1 aliphatic heterocycles. The van der Waals surface area contributed by atoms with Crippen LogP contribution in [0.3, 0.4) is 0 Å². The minimum absolute atomic E-state index is 0.693. The number of unbranched alkanes of at least 4 members (excludes halogenated alkanes) is 1. The zero-order chi connectivity index (χ0) is 12.3. The highest BCUT2D eigenvalue weighted by Gasteiger charge is 2.18. The van der Waals surface area contributed by atoms with Gasteiger partial charge in [-0.1, -0.05) is 0 Å². The Morgan fingerprint density at radius 2 is 2.18 bits per heavy atom. The van der Waals surface area contributed by atoms with Gasteiger partial charge in [0, 0.05) is 20.1 Å². The van der Waals surface area contributed by atoms with E-state index in [0.717, 1.165) is 38.6 Å². The lowest BCUT2D eigenvalue weighted by molar-refractivity contribution is 0.172. The zero-order valence-electron chi connectivity index (χ0n) is 11.0. The van der Waals surface area contributed by atoms with Crippen molar-refractivity contribution in [3.63, 3.8) is 0 Å². The molecule has 1 rings (SSSR count). The van der Waals surface area contributed by atoms with E-state index in [1.807, 2.05) is 0 Å². The smallest absolute Gasteiger partial charge is 0.0622 e. The van der Waals surface area contributed by atoms with E-state index in [0.29, 0.717) is 6.42 Å². The molecule has 0 unspecified atom stereocenters. The van der Waals surface area contributed by atoms with Crippen LogP contribution in [0.4, 0.5) is 0 Å². The molecular weight excluding hydrogens is 214 g/mol. The fourth-order valence-electron chi connectivity index (χ4n) is 2.28. The molecule has 0 radical (unpaired) electrons. The van der Waals surface area contributed by atoms with E-state index in [2.05, 4.69) is 16.3 Å². The molecule has 0 bridgehead atoms. The lowest BCUT2D eigenvalue weighted by Crippen LogP contribution is -2.38. The number of ether oxygens (including phenoxy) is 1. The number of nitrogens with zero attached hydrogens (tertiary/aromatic N) is 2. The summed E-state index contributed by atoms with van der Waals surface area (Å²) < 4.78 is 5.01. The van der Waals surface area contributed by atoms with Crippen LogP contribution in [-0.2, 0) is 4.74 Å². The standard InChI is InChI=1S/C13H25N3O/c1-17-11-7-15-12-13-4-9-16(10-5-13)8-3-2-6-14/h13,15H,2-5,7-12H2,1H3. The van der Waals surface area contributed by atoms with E-state index in [1.54, 1.807) is 7.11 Å². The van der Waals surface area contributed by atoms with E-state index in [1.165, 1.54) is 25.9 Å². The minimum atomic E-state index is 0.693. The van der Waals surface area contributed by atoms with Gasteiger partial charge in [0.05, 0.1) is 12.7 Å². The summed E-state index contributed by atoms with van der Waals surface area (Å²) in [7, 11) is 1.74. The fourth-order valence-corrected chi connectivity index (χ4v) is 2.28. The Balaban J connectivity index is 1.99. The van der Waals surface area contributed by atoms with Gasteiger partial charge in [-0.05, 0) is 51.4 Å². The quantitative estimate of drug-likeness (QED) is 0.647. The molecule has 0 saturated carbocycles. The van der Waals surface area contributed by atoms with E-state index in [-0.39, 0.29) is 0 Å². The molecule has 98 valence electrons. The maximum Gasteiger partial charge on any atom is 0.0622 e. The molecule has 1 heterocycles. The van der Waals surface area contributed by atoms with Crippen LogP contribution in [0.5, 0.6) is 0 Å². The molecule has 1 N–H and O–H groups in total. The summed E-state index contributed by atoms with van der Waals surface area (Å²) in [5.74, 6) is 0.819. The lowest BCUT2D eigenvalue weighted by Gasteiger charge is -2.31. The van der Waals surface area contributed by atoms with Crippen LogP contribution in [0.2, 0.25) is 0 Å². The number of rotatable bonds is 8. The third-order valence-electron chi connectivity index (χ3n) is 3.39. The van der Waals surface area contributed by atoms with Crippen molar-refractivity contribution in [1.82, 2.24) is 10.2 Å². The Bertz CT molecular complexity index is 219. The zero-order valence-corrected chi connectivity index (χ0v) is 11.0. The van der Waals surface area contributed by atoms with Gasteiger partial charge in [-0.2, -0.15) is 5.26 Å². The van der Waals surface area contributed by atoms with Crippen molar-refractivity contribution < 1.29 is 4.74 Å². The Morgan fingerprint density at radius 1 is 1.41 bits per heavy atom. The second kappa shape index (κ2) is 9.41. The van der Waals surface area contributed by atoms with Crippen LogP contribution >= 0.6 is 0 Å². The van der Waals surface area contributed by atoms with Crippen molar-refractivity contribution in [2.45, 2.75) is 25.7 Å². The summed E-state index contributed by atoms with van der Waals surface area (Å²) in [6.07, 6.45) is 4.28. The number of hydrogen-bond donors (Lipinski definition) is 1. The van der Waals surface area contributed by atoms with Gasteiger partial charge in [-0.3, -0.25) is 0 Å². The highest BCUT2D eigenvalue weighted by atomic mass is 16.5. The van der Waals surface area contributed by atoms with Crippen LogP contribution in [-0.4, -0.2) is 51.3 Å². The fraction of sp³-hybridized carbons (Fsp3) is 0.923. The largest absolute Gasteiger partial charge is 0.383 e. The molecule has 1 fully saturated rings. The van der Waals surface area contributed by atoms with Gasteiger partial charge in [0.2, 0.25) is 0 Å². The average Bonchev–Trinajstić information content (AvgIpc) is 2.37. The van der Waals surface area contributed by atoms with Gasteiger partial charge < -0.3 is 15.0 Å². The molecular formula is C13H25N3O. The number of hydrogen-bond acceptors (Lipinski definition) is 4. The number of nitriles is 1. The molecule has 0 spiro atoms. The van der Waals surface area contributed by atoms with E-state index >= 15 is 0 Å². The summed E-state index contributed by atoms with van der Waals surface area (Å²) >= 11 is 0. The highest BCUT2D eigenvalue weighted by Crippen LogP contribution is 2.16. The first-order chi connectivity index (χ1) is 8.36. The first kappa shape index (κ1) is 14.4. The first-order valence-electron chi connectivity index (χ1n) is 6.65. The summed E-state index contributed by atoms with van der Waals surface area (Å²) in [5.41, 5.74) is 0. The van der Waals surface area contributed by atoms with Gasteiger partial charge in [0.15, 0.2) is 0 Å². The van der Waals surface area contributed by atoms with E-state index in [4.69, 9.17) is 10.00 Å². The predicted octanol–water partition coefficient (Wildman–Crippen LogP) is 1.24. The van der Waals surface area contributed by atoms with Gasteiger partial charge in [0.1, 0.15) is 0 Å². The Labute approximate surface area is 105 Å². The molecule has 0 aliphatic carbocycles. The van der Waals surface area contributed by atoms with Crippen molar-refractivity contribution in [3.8, 4) is 6.07 Å². The van der Waals surface area contributed by atoms with Crippen LogP contribution in [0.25, 0.3) is 0 Å². The minimum Gasteiger partial charge on any atom is -0.383 e. The monoisotopic (exact) mass is 239 g/mol. The molecule has 0 aromatic heterocycles. The van der Waals surface area contributed by atoms with Gasteiger partial charge in [-0.15, -0.1) is 0 Å². The van der Waals surface area contributed by atoms with E-state index < -0.39 is 0 Å². The van der Waals surface area contributed by atoms with Crippen molar-refractivity contribution in [1.29, 1.82) is 5.26 Å². The van der Waals surface area contributed by atoms with Crippen LogP contribution in [0, 0.1) is 17.2 Å². The Hall–Kier alpha value is -0.630. The SMILES string of the molecule is COCCNCC1CCN(CCCC#N)CC1. The highest BCUT2D eigenvalue weighted by molar-refractivity contribution is 4.75. The summed E-state index contributed by atoms with van der Waals surface area (Å²) in [5, 5.41) is 11.9. The normalized spacial score (nSPS) is 18.1. The summed E-state index contributed by atoms with van der Waals surface area (Å²) in [6.45, 7) is 6.36. The first-order valence-corrected chi connectivity index (χ1v) is 6.65. The number of piperidine rings is 1. The Kier molecular flexibility index (Phi) is 7.98. The maximum atomic E-state index is 8.49. The molecule has 0 amide bonds. The van der Waals surface area contributed by atoms with Crippen molar-refractivity contribution in [2.75, 3.05) is 46.4 Å². The van der Waals surface area contributed by atoms with Crippen LogP contribution in [0.15, 0.2) is 0 Å². The molecule has 0 atom stereocenters. The number of likely N-dealkylation sites (tertiary alicyclic amines) is 1. The van der Waals surface area contributed by atoms with Crippen molar-refractivity contribution in [3.05, 3.63) is 0 Å². The topological polar surface area (TPSA) is 48.3 Å². The van der Waals surface area contributed by atoms with Gasteiger partial charge >= 0.3 is 0 Å². The second-order valence-corrected chi connectivity index (χ2v) is 4.74. The third-order valence-corrected chi connectivity index (χ3v) is 3.39. The average molecular weight is 239 g/mol. The van der Waals surface area contributed by atoms with Crippen molar-refractivity contribution >= 4 is 0 Å². The van der Waals surface area contributed by atoms with Gasteiger partial charge in [-0.25, -0.2) is 0 Å². The summed E-state index contributed by atoms with van der Waals surface area (Å²) in [6, 6.07) is 2.21. The molecule has 1 saturated heterocycles. The second-order valence-electron chi connectivity index (χ2n) is 4.74. The van der Waals surface area contributed by atoms with E-state index in [9.17, 15) is 0 Å². The number of nitrogens with one attached hydrogen (secondary N) is 1.